The van der Waals surface area contributed by atoms with Crippen molar-refractivity contribution in [3.63, 3.8) is 0 Å². The molecule has 0 saturated heterocycles. The number of carbonyl (C=O) groups is 1. The zero-order chi connectivity index (χ0) is 11.7. The fourth-order valence-electron chi connectivity index (χ4n) is 1.52. The number of hydrogen-bond acceptors (Lipinski definition) is 3. The number of aryl methyl sites for hydroxylation is 2. The molecule has 0 aliphatic carbocycles. The maximum absolute atomic E-state index is 12.9. The summed E-state index contributed by atoms with van der Waals surface area (Å²) in [4.78, 5) is 16.8. The van der Waals surface area contributed by atoms with Gasteiger partial charge in [-0.05, 0) is 37.6 Å². The van der Waals surface area contributed by atoms with Crippen LogP contribution in [0.25, 0.3) is 0 Å². The highest BCUT2D eigenvalue weighted by Gasteiger charge is 2.16. The van der Waals surface area contributed by atoms with Crippen LogP contribution in [0.1, 0.15) is 26.5 Å². The highest BCUT2D eigenvalue weighted by atomic mass is 32.1. The van der Waals surface area contributed by atoms with Crippen molar-refractivity contribution in [2.45, 2.75) is 13.8 Å². The number of thiazole rings is 1. The van der Waals surface area contributed by atoms with Crippen molar-refractivity contribution in [3.8, 4) is 0 Å². The van der Waals surface area contributed by atoms with E-state index in [0.29, 0.717) is 16.0 Å². The summed E-state index contributed by atoms with van der Waals surface area (Å²) in [6.07, 6.45) is 0. The van der Waals surface area contributed by atoms with Gasteiger partial charge in [-0.3, -0.25) is 4.79 Å². The van der Waals surface area contributed by atoms with E-state index in [2.05, 4.69) is 4.98 Å². The fraction of sp³-hybridized carbons (Fsp3) is 0.167. The number of hydrogen-bond donors (Lipinski definition) is 0. The minimum Gasteiger partial charge on any atom is -0.288 e. The fourth-order valence-corrected chi connectivity index (χ4v) is 2.28. The second kappa shape index (κ2) is 4.14. The standard InChI is InChI=1S/C12H10FNOS/c1-7-5-9(13)3-4-10(7)11(15)12-8(2)14-6-16-12/h3-6H,1-2H3. The van der Waals surface area contributed by atoms with Crippen LogP contribution in [0.4, 0.5) is 4.39 Å². The third-order valence-electron chi connectivity index (χ3n) is 2.38. The minimum absolute atomic E-state index is 0.0856. The van der Waals surface area contributed by atoms with E-state index in [1.54, 1.807) is 19.4 Å². The van der Waals surface area contributed by atoms with Gasteiger partial charge in [0.15, 0.2) is 0 Å². The highest BCUT2D eigenvalue weighted by molar-refractivity contribution is 7.12. The van der Waals surface area contributed by atoms with Gasteiger partial charge in [-0.25, -0.2) is 9.37 Å². The van der Waals surface area contributed by atoms with E-state index >= 15 is 0 Å². The Labute approximate surface area is 96.8 Å². The van der Waals surface area contributed by atoms with Crippen LogP contribution in [0.5, 0.6) is 0 Å². The minimum atomic E-state index is -0.324. The topological polar surface area (TPSA) is 30.0 Å². The second-order valence-corrected chi connectivity index (χ2v) is 4.41. The van der Waals surface area contributed by atoms with E-state index < -0.39 is 0 Å². The average molecular weight is 235 g/mol. The first-order valence-electron chi connectivity index (χ1n) is 4.80. The summed E-state index contributed by atoms with van der Waals surface area (Å²) in [7, 11) is 0. The van der Waals surface area contributed by atoms with Crippen LogP contribution in [0.15, 0.2) is 23.7 Å². The molecule has 1 aromatic heterocycles. The lowest BCUT2D eigenvalue weighted by molar-refractivity contribution is 0.104. The molecule has 0 amide bonds. The lowest BCUT2D eigenvalue weighted by atomic mass is 10.0. The molecule has 1 aromatic carbocycles. The molecule has 0 atom stereocenters. The van der Waals surface area contributed by atoms with Crippen LogP contribution in [0.2, 0.25) is 0 Å². The van der Waals surface area contributed by atoms with Crippen molar-refractivity contribution in [1.29, 1.82) is 0 Å². The van der Waals surface area contributed by atoms with Gasteiger partial charge in [-0.15, -0.1) is 11.3 Å². The number of nitrogens with zero attached hydrogens (tertiary/aromatic N) is 1. The predicted octanol–water partition coefficient (Wildman–Crippen LogP) is 3.13. The Balaban J connectivity index is 2.46. The van der Waals surface area contributed by atoms with Gasteiger partial charge in [0.25, 0.3) is 0 Å². The molecule has 0 N–H and O–H groups in total. The highest BCUT2D eigenvalue weighted by Crippen LogP contribution is 2.20. The molecular weight excluding hydrogens is 225 g/mol. The van der Waals surface area contributed by atoms with Gasteiger partial charge < -0.3 is 0 Å². The zero-order valence-corrected chi connectivity index (χ0v) is 9.77. The van der Waals surface area contributed by atoms with Crippen molar-refractivity contribution in [2.24, 2.45) is 0 Å². The summed E-state index contributed by atoms with van der Waals surface area (Å²) in [5, 5.41) is 0. The maximum Gasteiger partial charge on any atom is 0.205 e. The Morgan fingerprint density at radius 2 is 2.12 bits per heavy atom. The van der Waals surface area contributed by atoms with E-state index in [1.165, 1.54) is 29.5 Å². The molecule has 0 radical (unpaired) electrons. The summed E-state index contributed by atoms with van der Waals surface area (Å²) in [5.74, 6) is -0.410. The molecule has 0 bridgehead atoms. The Kier molecular flexibility index (Phi) is 2.83. The lowest BCUT2D eigenvalue weighted by Crippen LogP contribution is -2.03. The number of aromatic nitrogens is 1. The molecule has 2 aromatic rings. The normalized spacial score (nSPS) is 10.4. The molecular formula is C12H10FNOS. The van der Waals surface area contributed by atoms with E-state index in [-0.39, 0.29) is 11.6 Å². The Morgan fingerprint density at radius 1 is 1.38 bits per heavy atom. The van der Waals surface area contributed by atoms with E-state index in [1.807, 2.05) is 0 Å². The summed E-state index contributed by atoms with van der Waals surface area (Å²) in [5.41, 5.74) is 3.55. The number of ketones is 1. The van der Waals surface area contributed by atoms with Crippen molar-refractivity contribution in [2.75, 3.05) is 0 Å². The quantitative estimate of drug-likeness (QED) is 0.748. The molecule has 0 saturated carbocycles. The van der Waals surface area contributed by atoms with Gasteiger partial charge in [0.1, 0.15) is 5.82 Å². The van der Waals surface area contributed by atoms with Crippen LogP contribution < -0.4 is 0 Å². The molecule has 1 heterocycles. The Morgan fingerprint density at radius 3 is 2.69 bits per heavy atom. The third-order valence-corrected chi connectivity index (χ3v) is 3.31. The molecule has 0 aliphatic heterocycles. The van der Waals surface area contributed by atoms with E-state index in [0.717, 1.165) is 5.69 Å². The van der Waals surface area contributed by atoms with Crippen molar-refractivity contribution in [3.05, 3.63) is 51.2 Å². The summed E-state index contributed by atoms with van der Waals surface area (Å²) >= 11 is 1.31. The maximum atomic E-state index is 12.9. The third kappa shape index (κ3) is 1.88. The largest absolute Gasteiger partial charge is 0.288 e. The number of halogens is 1. The van der Waals surface area contributed by atoms with E-state index in [9.17, 15) is 9.18 Å². The molecule has 0 fully saturated rings. The van der Waals surface area contributed by atoms with Crippen LogP contribution in [-0.2, 0) is 0 Å². The van der Waals surface area contributed by atoms with Crippen LogP contribution in [0, 0.1) is 19.7 Å². The first-order chi connectivity index (χ1) is 7.59. The van der Waals surface area contributed by atoms with Gasteiger partial charge >= 0.3 is 0 Å². The Bertz CT molecular complexity index is 548. The van der Waals surface area contributed by atoms with Crippen LogP contribution in [-0.4, -0.2) is 10.8 Å². The molecule has 2 nitrogen and oxygen atoms in total. The number of rotatable bonds is 2. The monoisotopic (exact) mass is 235 g/mol. The van der Waals surface area contributed by atoms with Crippen molar-refractivity contribution >= 4 is 17.1 Å². The average Bonchev–Trinajstić information content (AvgIpc) is 2.63. The molecule has 16 heavy (non-hydrogen) atoms. The number of carbonyl (C=O) groups excluding carboxylic acids is 1. The van der Waals surface area contributed by atoms with Crippen LogP contribution in [0.3, 0.4) is 0 Å². The molecule has 0 unspecified atom stereocenters. The first-order valence-corrected chi connectivity index (χ1v) is 5.68. The van der Waals surface area contributed by atoms with Crippen molar-refractivity contribution < 1.29 is 9.18 Å². The van der Waals surface area contributed by atoms with Crippen LogP contribution >= 0.6 is 11.3 Å². The summed E-state index contributed by atoms with van der Waals surface area (Å²) in [6.45, 7) is 3.52. The van der Waals surface area contributed by atoms with Gasteiger partial charge in [-0.1, -0.05) is 0 Å². The van der Waals surface area contributed by atoms with Gasteiger partial charge in [-0.2, -0.15) is 0 Å². The predicted molar refractivity (Wildman–Crippen MR) is 61.4 cm³/mol. The lowest BCUT2D eigenvalue weighted by Gasteiger charge is -2.03. The molecule has 82 valence electrons. The van der Waals surface area contributed by atoms with Crippen molar-refractivity contribution in [1.82, 2.24) is 4.98 Å². The second-order valence-electron chi connectivity index (χ2n) is 3.56. The van der Waals surface area contributed by atoms with Gasteiger partial charge in [0.05, 0.1) is 16.1 Å². The van der Waals surface area contributed by atoms with Gasteiger partial charge in [0.2, 0.25) is 5.78 Å². The Hall–Kier alpha value is -1.55. The smallest absolute Gasteiger partial charge is 0.205 e. The zero-order valence-electron chi connectivity index (χ0n) is 8.95. The SMILES string of the molecule is Cc1cc(F)ccc1C(=O)c1scnc1C. The first kappa shape index (κ1) is 11.0. The molecule has 0 aliphatic rings. The molecule has 4 heteroatoms. The molecule has 0 spiro atoms. The molecule has 2 rings (SSSR count). The van der Waals surface area contributed by atoms with E-state index in [4.69, 9.17) is 0 Å². The summed E-state index contributed by atoms with van der Waals surface area (Å²) in [6, 6.07) is 4.19. The summed E-state index contributed by atoms with van der Waals surface area (Å²) < 4.78 is 12.9. The van der Waals surface area contributed by atoms with Gasteiger partial charge in [0, 0.05) is 5.56 Å². The number of benzene rings is 1.